The number of para-hydroxylation sites is 1. The van der Waals surface area contributed by atoms with Gasteiger partial charge in [0.15, 0.2) is 0 Å². The molecular formula is C32H50N6O6. The van der Waals surface area contributed by atoms with Gasteiger partial charge in [0, 0.05) is 23.5 Å². The van der Waals surface area contributed by atoms with Crippen LogP contribution in [0.3, 0.4) is 0 Å². The number of carboxylic acids is 1. The summed E-state index contributed by atoms with van der Waals surface area (Å²) in [6.45, 7) is 12.7. The van der Waals surface area contributed by atoms with Crippen molar-refractivity contribution in [2.24, 2.45) is 23.5 Å². The van der Waals surface area contributed by atoms with Crippen molar-refractivity contribution in [3.63, 3.8) is 0 Å². The lowest BCUT2D eigenvalue weighted by Crippen LogP contribution is -2.60. The maximum Gasteiger partial charge on any atom is 0.326 e. The number of rotatable bonds is 17. The molecule has 12 heteroatoms. The van der Waals surface area contributed by atoms with E-state index in [9.17, 15) is 29.1 Å². The van der Waals surface area contributed by atoms with E-state index < -0.39 is 59.8 Å². The van der Waals surface area contributed by atoms with Gasteiger partial charge in [-0.25, -0.2) is 4.79 Å². The molecule has 2 aromatic rings. The molecule has 12 nitrogen and oxygen atoms in total. The third-order valence-corrected chi connectivity index (χ3v) is 8.11. The predicted octanol–water partition coefficient (Wildman–Crippen LogP) is 2.22. The Kier molecular flexibility index (Phi) is 13.8. The lowest BCUT2D eigenvalue weighted by molar-refractivity contribution is -0.142. The van der Waals surface area contributed by atoms with Crippen molar-refractivity contribution in [3.05, 3.63) is 36.0 Å². The molecule has 4 amide bonds. The van der Waals surface area contributed by atoms with Gasteiger partial charge in [-0.3, -0.25) is 19.2 Å². The van der Waals surface area contributed by atoms with Crippen LogP contribution in [-0.4, -0.2) is 69.9 Å². The highest BCUT2D eigenvalue weighted by Crippen LogP contribution is 2.20. The summed E-state index contributed by atoms with van der Waals surface area (Å²) in [7, 11) is 0. The van der Waals surface area contributed by atoms with Gasteiger partial charge in [0.05, 0.1) is 6.04 Å². The fourth-order valence-corrected chi connectivity index (χ4v) is 4.91. The van der Waals surface area contributed by atoms with Gasteiger partial charge in [-0.05, 0) is 42.7 Å². The first-order valence-corrected chi connectivity index (χ1v) is 15.4. The van der Waals surface area contributed by atoms with Gasteiger partial charge in [0.1, 0.15) is 24.2 Å². The van der Waals surface area contributed by atoms with Crippen molar-refractivity contribution in [3.8, 4) is 0 Å². The van der Waals surface area contributed by atoms with Crippen LogP contribution in [0.4, 0.5) is 0 Å². The molecule has 0 saturated heterocycles. The third-order valence-electron chi connectivity index (χ3n) is 8.11. The summed E-state index contributed by atoms with van der Waals surface area (Å²) in [5.41, 5.74) is 7.54. The molecule has 1 aromatic heterocycles. The van der Waals surface area contributed by atoms with Gasteiger partial charge >= 0.3 is 5.97 Å². The van der Waals surface area contributed by atoms with E-state index in [-0.39, 0.29) is 24.2 Å². The number of nitrogens with one attached hydrogen (secondary N) is 5. The van der Waals surface area contributed by atoms with Crippen LogP contribution >= 0.6 is 0 Å². The summed E-state index contributed by atoms with van der Waals surface area (Å²) in [5.74, 6) is -3.87. The summed E-state index contributed by atoms with van der Waals surface area (Å²) in [6.07, 6.45) is 3.30. The van der Waals surface area contributed by atoms with E-state index in [4.69, 9.17) is 5.73 Å². The summed E-state index contributed by atoms with van der Waals surface area (Å²) >= 11 is 0. The maximum absolute atomic E-state index is 13.6. The van der Waals surface area contributed by atoms with Crippen LogP contribution in [-0.2, 0) is 30.4 Å². The smallest absolute Gasteiger partial charge is 0.326 e. The van der Waals surface area contributed by atoms with E-state index in [1.165, 1.54) is 6.92 Å². The van der Waals surface area contributed by atoms with E-state index in [1.54, 1.807) is 20.0 Å². The number of hydrogen-bond donors (Lipinski definition) is 7. The number of hydrogen-bond acceptors (Lipinski definition) is 6. The molecule has 8 N–H and O–H groups in total. The highest BCUT2D eigenvalue weighted by atomic mass is 16.4. The lowest BCUT2D eigenvalue weighted by atomic mass is 9.94. The molecule has 0 radical (unpaired) electrons. The van der Waals surface area contributed by atoms with Crippen molar-refractivity contribution >= 4 is 40.5 Å². The molecule has 7 atom stereocenters. The first-order valence-electron chi connectivity index (χ1n) is 15.4. The molecule has 0 aliphatic heterocycles. The fraction of sp³-hybridized carbons (Fsp3) is 0.594. The number of fused-ring (bicyclic) bond motifs is 1. The van der Waals surface area contributed by atoms with Crippen LogP contribution in [0.15, 0.2) is 30.5 Å². The molecule has 1 aromatic carbocycles. The van der Waals surface area contributed by atoms with E-state index in [2.05, 4.69) is 26.3 Å². The van der Waals surface area contributed by atoms with E-state index in [0.29, 0.717) is 19.3 Å². The van der Waals surface area contributed by atoms with Crippen LogP contribution in [0.2, 0.25) is 0 Å². The first-order chi connectivity index (χ1) is 20.7. The standard InChI is InChI=1S/C32H50N6O6/c1-8-18(5)26(30(41)36-25(32(43)44)15-21-16-34-24-13-11-10-12-22(21)24)38-31(42)27(19(6)9-2)37-28(39)20(7)35-29(40)23(33)14-17(3)4/h10-13,16-20,23,25-27,34H,8-9,14-15,33H2,1-7H3,(H,35,40)(H,36,41)(H,37,39)(H,38,42)(H,43,44). The van der Waals surface area contributed by atoms with Gasteiger partial charge < -0.3 is 37.1 Å². The highest BCUT2D eigenvalue weighted by molar-refractivity contribution is 5.95. The number of carbonyl (C=O) groups excluding carboxylic acids is 4. The van der Waals surface area contributed by atoms with Crippen molar-refractivity contribution in [1.29, 1.82) is 0 Å². The Balaban J connectivity index is 2.17. The Morgan fingerprint density at radius 1 is 0.795 bits per heavy atom. The molecule has 2 rings (SSSR count). The Labute approximate surface area is 259 Å². The summed E-state index contributed by atoms with van der Waals surface area (Å²) < 4.78 is 0. The molecule has 1 heterocycles. The van der Waals surface area contributed by atoms with Crippen molar-refractivity contribution in [2.75, 3.05) is 0 Å². The quantitative estimate of drug-likeness (QED) is 0.142. The van der Waals surface area contributed by atoms with E-state index in [1.807, 2.05) is 52.0 Å². The number of H-pyrrole nitrogens is 1. The number of aliphatic carboxylic acids is 1. The van der Waals surface area contributed by atoms with Crippen LogP contribution < -0.4 is 27.0 Å². The highest BCUT2D eigenvalue weighted by Gasteiger charge is 2.35. The van der Waals surface area contributed by atoms with Gasteiger partial charge in [0.2, 0.25) is 23.6 Å². The average molecular weight is 615 g/mol. The third kappa shape index (κ3) is 10.1. The second-order valence-corrected chi connectivity index (χ2v) is 12.2. The topological polar surface area (TPSA) is 196 Å². The summed E-state index contributed by atoms with van der Waals surface area (Å²) in [4.78, 5) is 67.8. The van der Waals surface area contributed by atoms with E-state index >= 15 is 0 Å². The number of benzene rings is 1. The minimum Gasteiger partial charge on any atom is -0.480 e. The maximum atomic E-state index is 13.6. The lowest BCUT2D eigenvalue weighted by Gasteiger charge is -2.30. The zero-order valence-electron chi connectivity index (χ0n) is 26.9. The fourth-order valence-electron chi connectivity index (χ4n) is 4.91. The Bertz CT molecular complexity index is 1290. The minimum absolute atomic E-state index is 0.0439. The second-order valence-electron chi connectivity index (χ2n) is 12.2. The molecule has 244 valence electrons. The van der Waals surface area contributed by atoms with E-state index in [0.717, 1.165) is 16.5 Å². The molecular weight excluding hydrogens is 564 g/mol. The number of amides is 4. The zero-order valence-corrected chi connectivity index (χ0v) is 26.9. The molecule has 0 spiro atoms. The van der Waals surface area contributed by atoms with Crippen molar-refractivity contribution in [1.82, 2.24) is 26.3 Å². The van der Waals surface area contributed by atoms with Crippen molar-refractivity contribution in [2.45, 2.75) is 104 Å². The number of carbonyl (C=O) groups is 5. The SMILES string of the molecule is CCC(C)C(NC(=O)C(C)NC(=O)C(N)CC(C)C)C(=O)NC(C(=O)NC(Cc1c[nH]c2ccccc12)C(=O)O)C(C)CC. The Morgan fingerprint density at radius 2 is 1.34 bits per heavy atom. The Hall–Kier alpha value is -3.93. The molecule has 7 unspecified atom stereocenters. The molecule has 0 aliphatic carbocycles. The summed E-state index contributed by atoms with van der Waals surface area (Å²) in [5, 5.41) is 21.5. The van der Waals surface area contributed by atoms with Crippen LogP contribution in [0.1, 0.15) is 73.3 Å². The minimum atomic E-state index is -1.23. The van der Waals surface area contributed by atoms with Gasteiger partial charge in [-0.15, -0.1) is 0 Å². The van der Waals surface area contributed by atoms with Gasteiger partial charge in [-0.1, -0.05) is 72.6 Å². The summed E-state index contributed by atoms with van der Waals surface area (Å²) in [6, 6.07) is 2.48. The molecule has 44 heavy (non-hydrogen) atoms. The van der Waals surface area contributed by atoms with Gasteiger partial charge in [0.25, 0.3) is 0 Å². The van der Waals surface area contributed by atoms with Crippen LogP contribution in [0, 0.1) is 17.8 Å². The largest absolute Gasteiger partial charge is 0.480 e. The number of aromatic nitrogens is 1. The van der Waals surface area contributed by atoms with Crippen LogP contribution in [0.5, 0.6) is 0 Å². The second kappa shape index (κ2) is 16.8. The molecule has 0 bridgehead atoms. The Morgan fingerprint density at radius 3 is 1.89 bits per heavy atom. The van der Waals surface area contributed by atoms with Gasteiger partial charge in [-0.2, -0.15) is 0 Å². The number of aromatic amines is 1. The first kappa shape index (κ1) is 36.3. The predicted molar refractivity (Wildman–Crippen MR) is 169 cm³/mol. The number of carboxylic acid groups (broad SMARTS) is 1. The molecule has 0 aliphatic rings. The molecule has 0 saturated carbocycles. The van der Waals surface area contributed by atoms with Crippen molar-refractivity contribution < 1.29 is 29.1 Å². The normalized spacial score (nSPS) is 16.2. The molecule has 0 fully saturated rings. The average Bonchev–Trinajstić information content (AvgIpc) is 3.39. The van der Waals surface area contributed by atoms with Crippen LogP contribution in [0.25, 0.3) is 10.9 Å². The zero-order chi connectivity index (χ0) is 33.1. The number of nitrogens with two attached hydrogens (primary N) is 1. The monoisotopic (exact) mass is 614 g/mol.